The van der Waals surface area contributed by atoms with E-state index in [1.54, 1.807) is 6.20 Å². The van der Waals surface area contributed by atoms with E-state index in [1.807, 2.05) is 16.9 Å². The number of hydrogen-bond acceptors (Lipinski definition) is 6. The van der Waals surface area contributed by atoms with E-state index in [4.69, 9.17) is 4.52 Å². The van der Waals surface area contributed by atoms with Gasteiger partial charge in [0, 0.05) is 29.7 Å². The first-order chi connectivity index (χ1) is 13.6. The molecular formula is C21H22N6O. The fourth-order valence-electron chi connectivity index (χ4n) is 3.89. The Balaban J connectivity index is 1.52. The summed E-state index contributed by atoms with van der Waals surface area (Å²) in [5, 5.41) is 13.0. The molecule has 0 bridgehead atoms. The van der Waals surface area contributed by atoms with E-state index in [1.165, 1.54) is 16.7 Å². The quantitative estimate of drug-likeness (QED) is 0.589. The molecule has 0 amide bonds. The predicted octanol–water partition coefficient (Wildman–Crippen LogP) is 3.68. The van der Waals surface area contributed by atoms with Crippen molar-refractivity contribution in [2.24, 2.45) is 0 Å². The molecule has 0 radical (unpaired) electrons. The molecule has 0 fully saturated rings. The van der Waals surface area contributed by atoms with E-state index < -0.39 is 0 Å². The highest BCUT2D eigenvalue weighted by molar-refractivity contribution is 5.79. The third-order valence-corrected chi connectivity index (χ3v) is 5.40. The summed E-state index contributed by atoms with van der Waals surface area (Å²) in [4.78, 5) is 9.21. The lowest BCUT2D eigenvalue weighted by molar-refractivity contribution is 0.432. The molecule has 0 aliphatic carbocycles. The third kappa shape index (κ3) is 2.70. The SMILES string of the molecule is Cc1c(-c2noc(-c3cnc4c(cnn4C(C)C)c3)n2)ccc2c1CCNC2. The van der Waals surface area contributed by atoms with Crippen LogP contribution in [0.25, 0.3) is 33.9 Å². The van der Waals surface area contributed by atoms with Gasteiger partial charge in [0.25, 0.3) is 5.89 Å². The van der Waals surface area contributed by atoms with Gasteiger partial charge in [-0.15, -0.1) is 0 Å². The molecule has 1 aromatic carbocycles. The Labute approximate surface area is 162 Å². The number of nitrogens with one attached hydrogen (secondary N) is 1. The van der Waals surface area contributed by atoms with Gasteiger partial charge in [-0.05, 0) is 56.5 Å². The molecule has 0 unspecified atom stereocenters. The van der Waals surface area contributed by atoms with Crippen molar-refractivity contribution < 1.29 is 4.52 Å². The van der Waals surface area contributed by atoms with Gasteiger partial charge in [-0.1, -0.05) is 17.3 Å². The monoisotopic (exact) mass is 374 g/mol. The molecule has 0 saturated carbocycles. The summed E-state index contributed by atoms with van der Waals surface area (Å²) in [5.41, 5.74) is 6.67. The maximum Gasteiger partial charge on any atom is 0.259 e. The minimum atomic E-state index is 0.257. The Bertz CT molecular complexity index is 1170. The van der Waals surface area contributed by atoms with Crippen LogP contribution < -0.4 is 5.32 Å². The Kier molecular flexibility index (Phi) is 3.98. The third-order valence-electron chi connectivity index (χ3n) is 5.40. The number of pyridine rings is 1. The Morgan fingerprint density at radius 1 is 1.21 bits per heavy atom. The zero-order valence-electron chi connectivity index (χ0n) is 16.2. The molecule has 1 N–H and O–H groups in total. The summed E-state index contributed by atoms with van der Waals surface area (Å²) in [6.45, 7) is 8.24. The Morgan fingerprint density at radius 3 is 2.96 bits per heavy atom. The largest absolute Gasteiger partial charge is 0.334 e. The first kappa shape index (κ1) is 17.1. The van der Waals surface area contributed by atoms with Crippen LogP contribution in [0.5, 0.6) is 0 Å². The van der Waals surface area contributed by atoms with E-state index in [-0.39, 0.29) is 6.04 Å². The highest BCUT2D eigenvalue weighted by atomic mass is 16.5. The molecule has 7 nitrogen and oxygen atoms in total. The molecule has 4 heterocycles. The van der Waals surface area contributed by atoms with Crippen LogP contribution in [0.4, 0.5) is 0 Å². The molecule has 1 aliphatic heterocycles. The molecule has 28 heavy (non-hydrogen) atoms. The number of aromatic nitrogens is 5. The minimum absolute atomic E-state index is 0.257. The molecule has 3 aromatic heterocycles. The number of benzene rings is 1. The molecule has 1 aliphatic rings. The van der Waals surface area contributed by atoms with E-state index in [9.17, 15) is 0 Å². The number of fused-ring (bicyclic) bond motifs is 2. The van der Waals surface area contributed by atoms with Gasteiger partial charge in [0.05, 0.1) is 11.8 Å². The van der Waals surface area contributed by atoms with Crippen LogP contribution >= 0.6 is 0 Å². The average molecular weight is 374 g/mol. The topological polar surface area (TPSA) is 81.7 Å². The lowest BCUT2D eigenvalue weighted by Gasteiger charge is -2.20. The van der Waals surface area contributed by atoms with Gasteiger partial charge < -0.3 is 9.84 Å². The molecule has 4 aromatic rings. The smallest absolute Gasteiger partial charge is 0.259 e. The zero-order chi connectivity index (χ0) is 19.3. The van der Waals surface area contributed by atoms with Crippen molar-refractivity contribution in [3.8, 4) is 22.8 Å². The molecule has 0 spiro atoms. The van der Waals surface area contributed by atoms with Gasteiger partial charge in [-0.25, -0.2) is 9.67 Å². The first-order valence-corrected chi connectivity index (χ1v) is 9.61. The van der Waals surface area contributed by atoms with Gasteiger partial charge in [0.1, 0.15) is 0 Å². The van der Waals surface area contributed by atoms with Gasteiger partial charge in [-0.2, -0.15) is 10.1 Å². The standard InChI is InChI=1S/C21H22N6O/c1-12(2)27-20-15(11-24-27)8-16(10-23-20)21-25-19(26-28-21)18-5-4-14-9-22-7-6-17(14)13(18)3/h4-5,8,10-12,22H,6-7,9H2,1-3H3. The van der Waals surface area contributed by atoms with E-state index in [0.717, 1.165) is 41.7 Å². The van der Waals surface area contributed by atoms with Crippen LogP contribution in [0.1, 0.15) is 36.6 Å². The van der Waals surface area contributed by atoms with E-state index >= 15 is 0 Å². The zero-order valence-corrected chi connectivity index (χ0v) is 16.2. The van der Waals surface area contributed by atoms with Crippen LogP contribution in [-0.2, 0) is 13.0 Å². The molecule has 5 rings (SSSR count). The summed E-state index contributed by atoms with van der Waals surface area (Å²) < 4.78 is 7.47. The first-order valence-electron chi connectivity index (χ1n) is 9.61. The van der Waals surface area contributed by atoms with Crippen LogP contribution in [0.3, 0.4) is 0 Å². The normalized spacial score (nSPS) is 14.0. The summed E-state index contributed by atoms with van der Waals surface area (Å²) in [5.74, 6) is 1.09. The number of hydrogen-bond donors (Lipinski definition) is 1. The van der Waals surface area contributed by atoms with Crippen molar-refractivity contribution in [3.63, 3.8) is 0 Å². The van der Waals surface area contributed by atoms with Crippen LogP contribution in [-0.4, -0.2) is 31.4 Å². The van der Waals surface area contributed by atoms with Crippen molar-refractivity contribution >= 4 is 11.0 Å². The van der Waals surface area contributed by atoms with Crippen molar-refractivity contribution in [3.05, 3.63) is 47.3 Å². The fourth-order valence-corrected chi connectivity index (χ4v) is 3.89. The Hall–Kier alpha value is -3.06. The fraction of sp³-hybridized carbons (Fsp3) is 0.333. The van der Waals surface area contributed by atoms with Crippen LogP contribution in [0.15, 0.2) is 35.1 Å². The van der Waals surface area contributed by atoms with Gasteiger partial charge in [0.2, 0.25) is 5.82 Å². The van der Waals surface area contributed by atoms with Gasteiger partial charge >= 0.3 is 0 Å². The maximum atomic E-state index is 5.57. The van der Waals surface area contributed by atoms with Crippen molar-refractivity contribution in [1.82, 2.24) is 30.2 Å². The number of rotatable bonds is 3. The minimum Gasteiger partial charge on any atom is -0.334 e. The lowest BCUT2D eigenvalue weighted by Crippen LogP contribution is -2.24. The van der Waals surface area contributed by atoms with Gasteiger partial charge in [0.15, 0.2) is 5.65 Å². The highest BCUT2D eigenvalue weighted by Crippen LogP contribution is 2.30. The molecule has 142 valence electrons. The van der Waals surface area contributed by atoms with Crippen molar-refractivity contribution in [1.29, 1.82) is 0 Å². The lowest BCUT2D eigenvalue weighted by atomic mass is 9.92. The summed E-state index contributed by atoms with van der Waals surface area (Å²) in [6.07, 6.45) is 4.62. The maximum absolute atomic E-state index is 5.57. The van der Waals surface area contributed by atoms with E-state index in [2.05, 4.69) is 58.4 Å². The molecule has 0 saturated heterocycles. The predicted molar refractivity (Wildman–Crippen MR) is 107 cm³/mol. The second-order valence-electron chi connectivity index (χ2n) is 7.55. The average Bonchev–Trinajstić information content (AvgIpc) is 3.35. The summed E-state index contributed by atoms with van der Waals surface area (Å²) in [6, 6.07) is 6.50. The van der Waals surface area contributed by atoms with Crippen LogP contribution in [0, 0.1) is 6.92 Å². The summed E-state index contributed by atoms with van der Waals surface area (Å²) >= 11 is 0. The second kappa shape index (κ2) is 6.53. The summed E-state index contributed by atoms with van der Waals surface area (Å²) in [7, 11) is 0. The molecule has 0 atom stereocenters. The number of nitrogens with zero attached hydrogens (tertiary/aromatic N) is 5. The second-order valence-corrected chi connectivity index (χ2v) is 7.55. The Morgan fingerprint density at radius 2 is 2.11 bits per heavy atom. The van der Waals surface area contributed by atoms with Crippen LogP contribution in [0.2, 0.25) is 0 Å². The van der Waals surface area contributed by atoms with Crippen molar-refractivity contribution in [2.75, 3.05) is 6.54 Å². The van der Waals surface area contributed by atoms with Gasteiger partial charge in [-0.3, -0.25) is 0 Å². The molecular weight excluding hydrogens is 352 g/mol. The molecule has 7 heteroatoms. The van der Waals surface area contributed by atoms with Crippen molar-refractivity contribution in [2.45, 2.75) is 39.8 Å². The van der Waals surface area contributed by atoms with E-state index in [0.29, 0.717) is 11.7 Å². The highest BCUT2D eigenvalue weighted by Gasteiger charge is 2.19.